The van der Waals surface area contributed by atoms with Crippen LogP contribution in [0.25, 0.3) is 0 Å². The molecule has 2 N–H and O–H groups in total. The van der Waals surface area contributed by atoms with Crippen LogP contribution in [-0.2, 0) is 16.6 Å². The van der Waals surface area contributed by atoms with Gasteiger partial charge < -0.3 is 5.73 Å². The summed E-state index contributed by atoms with van der Waals surface area (Å²) in [5, 5.41) is 0. The van der Waals surface area contributed by atoms with Gasteiger partial charge in [0.2, 0.25) is 10.0 Å². The van der Waals surface area contributed by atoms with Crippen molar-refractivity contribution in [3.63, 3.8) is 0 Å². The van der Waals surface area contributed by atoms with Crippen LogP contribution in [0.4, 0.5) is 0 Å². The maximum absolute atomic E-state index is 12.7. The molecule has 0 aliphatic heterocycles. The standard InChI is InChI=1S/C14H24N2O2S/c1-6-14(3,4)16(5)19(17,18)13-9-12(10-15)8-7-11(13)2/h7-9H,6,10,15H2,1-5H3. The first-order valence-electron chi connectivity index (χ1n) is 6.45. The van der Waals surface area contributed by atoms with Gasteiger partial charge in [-0.05, 0) is 44.4 Å². The lowest BCUT2D eigenvalue weighted by atomic mass is 10.0. The Morgan fingerprint density at radius 3 is 2.37 bits per heavy atom. The van der Waals surface area contributed by atoms with Gasteiger partial charge in [-0.15, -0.1) is 0 Å². The predicted octanol–water partition coefficient (Wildman–Crippen LogP) is 2.26. The molecule has 0 fully saturated rings. The minimum Gasteiger partial charge on any atom is -0.326 e. The molecular weight excluding hydrogens is 260 g/mol. The molecule has 108 valence electrons. The van der Waals surface area contributed by atoms with Gasteiger partial charge >= 0.3 is 0 Å². The zero-order chi connectivity index (χ0) is 14.8. The molecule has 5 heteroatoms. The highest BCUT2D eigenvalue weighted by Gasteiger charge is 2.33. The molecule has 0 aliphatic rings. The summed E-state index contributed by atoms with van der Waals surface area (Å²) in [4.78, 5) is 0.347. The highest BCUT2D eigenvalue weighted by molar-refractivity contribution is 7.89. The first kappa shape index (κ1) is 16.1. The van der Waals surface area contributed by atoms with Gasteiger partial charge in [0.15, 0.2) is 0 Å². The van der Waals surface area contributed by atoms with E-state index in [1.807, 2.05) is 32.9 Å². The fourth-order valence-electron chi connectivity index (χ4n) is 1.74. The summed E-state index contributed by atoms with van der Waals surface area (Å²) in [6, 6.07) is 5.34. The van der Waals surface area contributed by atoms with Gasteiger partial charge in [0.1, 0.15) is 0 Å². The third-order valence-electron chi connectivity index (χ3n) is 3.84. The summed E-state index contributed by atoms with van der Waals surface area (Å²) in [5.41, 5.74) is 6.75. The van der Waals surface area contributed by atoms with Crippen LogP contribution in [0.1, 0.15) is 38.3 Å². The summed E-state index contributed by atoms with van der Waals surface area (Å²) in [7, 11) is -1.86. The minimum absolute atomic E-state index is 0.337. The average Bonchev–Trinajstić information content (AvgIpc) is 2.38. The first-order valence-corrected chi connectivity index (χ1v) is 7.89. The van der Waals surface area contributed by atoms with Gasteiger partial charge in [-0.3, -0.25) is 0 Å². The van der Waals surface area contributed by atoms with E-state index in [1.165, 1.54) is 4.31 Å². The number of hydrogen-bond acceptors (Lipinski definition) is 3. The number of hydrogen-bond donors (Lipinski definition) is 1. The summed E-state index contributed by atoms with van der Waals surface area (Å²) >= 11 is 0. The summed E-state index contributed by atoms with van der Waals surface area (Å²) < 4.78 is 26.9. The van der Waals surface area contributed by atoms with Gasteiger partial charge in [-0.2, -0.15) is 4.31 Å². The van der Waals surface area contributed by atoms with E-state index >= 15 is 0 Å². The lowest BCUT2D eigenvalue weighted by Crippen LogP contribution is -2.44. The van der Waals surface area contributed by atoms with Gasteiger partial charge in [0, 0.05) is 19.1 Å². The molecule has 0 spiro atoms. The molecule has 4 nitrogen and oxygen atoms in total. The van der Waals surface area contributed by atoms with Crippen LogP contribution in [-0.4, -0.2) is 25.3 Å². The van der Waals surface area contributed by atoms with E-state index in [9.17, 15) is 8.42 Å². The topological polar surface area (TPSA) is 63.4 Å². The number of sulfonamides is 1. The molecule has 0 atom stereocenters. The van der Waals surface area contributed by atoms with Crippen molar-refractivity contribution < 1.29 is 8.42 Å². The van der Waals surface area contributed by atoms with Crippen LogP contribution in [0.3, 0.4) is 0 Å². The average molecular weight is 284 g/mol. The highest BCUT2D eigenvalue weighted by atomic mass is 32.2. The van der Waals surface area contributed by atoms with Crippen molar-refractivity contribution in [3.05, 3.63) is 29.3 Å². The van der Waals surface area contributed by atoms with Gasteiger partial charge in [-0.1, -0.05) is 19.1 Å². The van der Waals surface area contributed by atoms with Crippen molar-refractivity contribution in [2.24, 2.45) is 5.73 Å². The van der Waals surface area contributed by atoms with Crippen molar-refractivity contribution in [1.82, 2.24) is 4.31 Å². The highest BCUT2D eigenvalue weighted by Crippen LogP contribution is 2.27. The van der Waals surface area contributed by atoms with Crippen molar-refractivity contribution in [3.8, 4) is 0 Å². The molecule has 0 radical (unpaired) electrons. The number of nitrogens with two attached hydrogens (primary N) is 1. The van der Waals surface area contributed by atoms with Crippen molar-refractivity contribution in [2.75, 3.05) is 7.05 Å². The van der Waals surface area contributed by atoms with Crippen molar-refractivity contribution >= 4 is 10.0 Å². The molecule has 0 heterocycles. The molecule has 0 bridgehead atoms. The van der Waals surface area contributed by atoms with E-state index < -0.39 is 15.6 Å². The molecule has 0 aliphatic carbocycles. The SMILES string of the molecule is CCC(C)(C)N(C)S(=O)(=O)c1cc(CN)ccc1C. The summed E-state index contributed by atoms with van der Waals surface area (Å²) in [5.74, 6) is 0. The van der Waals surface area contributed by atoms with Crippen LogP contribution in [0, 0.1) is 6.92 Å². The van der Waals surface area contributed by atoms with Gasteiger partial charge in [0.25, 0.3) is 0 Å². The Balaban J connectivity index is 3.35. The zero-order valence-electron chi connectivity index (χ0n) is 12.4. The zero-order valence-corrected chi connectivity index (χ0v) is 13.2. The fraction of sp³-hybridized carbons (Fsp3) is 0.571. The van der Waals surface area contributed by atoms with Crippen LogP contribution in [0.2, 0.25) is 0 Å². The quantitative estimate of drug-likeness (QED) is 0.902. The van der Waals surface area contributed by atoms with Crippen molar-refractivity contribution in [2.45, 2.75) is 51.1 Å². The van der Waals surface area contributed by atoms with Crippen LogP contribution >= 0.6 is 0 Å². The smallest absolute Gasteiger partial charge is 0.243 e. The number of rotatable bonds is 5. The summed E-state index contributed by atoms with van der Waals surface area (Å²) in [6.07, 6.45) is 0.748. The Hall–Kier alpha value is -0.910. The van der Waals surface area contributed by atoms with Crippen molar-refractivity contribution in [1.29, 1.82) is 0 Å². The minimum atomic E-state index is -3.49. The molecule has 1 aromatic carbocycles. The van der Waals surface area contributed by atoms with Gasteiger partial charge in [-0.25, -0.2) is 8.42 Å². The van der Waals surface area contributed by atoms with Gasteiger partial charge in [0.05, 0.1) is 4.90 Å². The Morgan fingerprint density at radius 2 is 1.89 bits per heavy atom. The van der Waals surface area contributed by atoms with E-state index in [1.54, 1.807) is 20.0 Å². The Kier molecular flexibility index (Phi) is 4.76. The summed E-state index contributed by atoms with van der Waals surface area (Å²) in [6.45, 7) is 7.97. The predicted molar refractivity (Wildman–Crippen MR) is 78.4 cm³/mol. The third kappa shape index (κ3) is 3.16. The van der Waals surface area contributed by atoms with E-state index in [-0.39, 0.29) is 0 Å². The third-order valence-corrected chi connectivity index (χ3v) is 6.06. The molecular formula is C14H24N2O2S. The second-order valence-corrected chi connectivity index (χ2v) is 7.38. The van der Waals surface area contributed by atoms with E-state index in [4.69, 9.17) is 5.73 Å². The number of benzene rings is 1. The molecule has 0 saturated carbocycles. The van der Waals surface area contributed by atoms with Crippen LogP contribution in [0.5, 0.6) is 0 Å². The largest absolute Gasteiger partial charge is 0.326 e. The Labute approximate surface area is 116 Å². The van der Waals surface area contributed by atoms with E-state index in [2.05, 4.69) is 0 Å². The Bertz CT molecular complexity index is 551. The molecule has 0 amide bonds. The number of aryl methyl sites for hydroxylation is 1. The van der Waals surface area contributed by atoms with E-state index in [0.717, 1.165) is 17.5 Å². The normalized spacial score (nSPS) is 13.0. The molecule has 1 aromatic rings. The molecule has 0 aromatic heterocycles. The molecule has 0 saturated heterocycles. The first-order chi connectivity index (χ1) is 8.66. The molecule has 19 heavy (non-hydrogen) atoms. The monoisotopic (exact) mass is 284 g/mol. The number of nitrogens with zero attached hydrogens (tertiary/aromatic N) is 1. The maximum Gasteiger partial charge on any atom is 0.243 e. The second-order valence-electron chi connectivity index (χ2n) is 5.44. The van der Waals surface area contributed by atoms with E-state index in [0.29, 0.717) is 11.4 Å². The fourth-order valence-corrected chi connectivity index (χ4v) is 3.59. The van der Waals surface area contributed by atoms with Crippen LogP contribution in [0.15, 0.2) is 23.1 Å². The molecule has 1 rings (SSSR count). The lowest BCUT2D eigenvalue weighted by molar-refractivity contribution is 0.257. The molecule has 0 unspecified atom stereocenters. The maximum atomic E-state index is 12.7. The Morgan fingerprint density at radius 1 is 1.32 bits per heavy atom. The van der Waals surface area contributed by atoms with Crippen LogP contribution < -0.4 is 5.73 Å². The lowest BCUT2D eigenvalue weighted by Gasteiger charge is -2.34. The second kappa shape index (κ2) is 5.61.